The van der Waals surface area contributed by atoms with Gasteiger partial charge in [-0.25, -0.2) is 0 Å². The highest BCUT2D eigenvalue weighted by Crippen LogP contribution is 2.35. The normalized spacial score (nSPS) is 24.6. The number of hydrazine groups is 1. The second kappa shape index (κ2) is 3.12. The maximum Gasteiger partial charge on any atom is 0.122 e. The molecule has 1 atom stereocenters. The minimum Gasteiger partial charge on any atom is -0.397 e. The summed E-state index contributed by atoms with van der Waals surface area (Å²) in [5, 5.41) is 10.2. The van der Waals surface area contributed by atoms with Crippen molar-refractivity contribution in [2.75, 3.05) is 0 Å². The molecule has 0 aromatic rings. The average Bonchev–Trinajstić information content (AvgIpc) is 2.85. The third-order valence-electron chi connectivity index (χ3n) is 2.27. The van der Waals surface area contributed by atoms with Crippen molar-refractivity contribution in [3.05, 3.63) is 22.6 Å². The van der Waals surface area contributed by atoms with Gasteiger partial charge >= 0.3 is 0 Å². The second-order valence-corrected chi connectivity index (χ2v) is 3.80. The van der Waals surface area contributed by atoms with Gasteiger partial charge in [-0.15, -0.1) is 0 Å². The minimum absolute atomic E-state index is 0.355. The van der Waals surface area contributed by atoms with Crippen molar-refractivity contribution < 1.29 is 5.11 Å². The van der Waals surface area contributed by atoms with Crippen molar-refractivity contribution in [3.63, 3.8) is 0 Å². The van der Waals surface area contributed by atoms with Crippen LogP contribution in [0.2, 0.25) is 0 Å². The molecular formula is C8H12ClN3O. The van der Waals surface area contributed by atoms with Gasteiger partial charge in [-0.05, 0) is 24.8 Å². The molecular weight excluding hydrogens is 190 g/mol. The molecule has 0 spiro atoms. The van der Waals surface area contributed by atoms with Crippen LogP contribution in [0.15, 0.2) is 22.6 Å². The van der Waals surface area contributed by atoms with Gasteiger partial charge in [-0.2, -0.15) is 0 Å². The summed E-state index contributed by atoms with van der Waals surface area (Å²) in [6.07, 6.45) is 3.24. The molecule has 0 aromatic carbocycles. The second-order valence-electron chi connectivity index (χ2n) is 3.39. The summed E-state index contributed by atoms with van der Waals surface area (Å²) in [5.74, 6) is 0.355. The zero-order chi connectivity index (χ0) is 9.42. The molecule has 1 saturated carbocycles. The van der Waals surface area contributed by atoms with Gasteiger partial charge in [0.1, 0.15) is 11.3 Å². The number of rotatable bonds is 2. The first-order chi connectivity index (χ1) is 6.18. The summed E-state index contributed by atoms with van der Waals surface area (Å²) >= 11 is 5.67. The average molecular weight is 202 g/mol. The predicted molar refractivity (Wildman–Crippen MR) is 50.2 cm³/mol. The first-order valence-electron chi connectivity index (χ1n) is 4.25. The lowest BCUT2D eigenvalue weighted by Gasteiger charge is -2.22. The van der Waals surface area contributed by atoms with Gasteiger partial charge in [0.25, 0.3) is 0 Å². The highest BCUT2D eigenvalue weighted by atomic mass is 35.5. The molecule has 2 rings (SSSR count). The Morgan fingerprint density at radius 2 is 2.23 bits per heavy atom. The lowest BCUT2D eigenvalue weighted by Crippen LogP contribution is -2.39. The molecule has 72 valence electrons. The quantitative estimate of drug-likeness (QED) is 0.479. The van der Waals surface area contributed by atoms with E-state index in [1.54, 1.807) is 6.08 Å². The Balaban J connectivity index is 2.16. The van der Waals surface area contributed by atoms with E-state index in [-0.39, 0.29) is 0 Å². The van der Waals surface area contributed by atoms with E-state index >= 15 is 0 Å². The van der Waals surface area contributed by atoms with Crippen molar-refractivity contribution in [2.45, 2.75) is 18.9 Å². The number of halogens is 1. The van der Waals surface area contributed by atoms with Crippen LogP contribution in [0.4, 0.5) is 0 Å². The largest absolute Gasteiger partial charge is 0.397 e. The lowest BCUT2D eigenvalue weighted by atomic mass is 10.1. The van der Waals surface area contributed by atoms with E-state index in [0.717, 1.165) is 12.8 Å². The van der Waals surface area contributed by atoms with Crippen LogP contribution in [-0.4, -0.2) is 11.2 Å². The Bertz CT molecular complexity index is 283. The van der Waals surface area contributed by atoms with Gasteiger partial charge < -0.3 is 10.8 Å². The van der Waals surface area contributed by atoms with E-state index < -0.39 is 6.10 Å². The standard InChI is InChI=1S/C8H12ClN3O/c9-6-3-5(10)7(12-11-6)8(13)4-1-2-4/h3-4,8,11-13H,1-2,10H2. The molecule has 1 aliphatic carbocycles. The zero-order valence-electron chi connectivity index (χ0n) is 7.05. The molecule has 0 radical (unpaired) electrons. The Hall–Kier alpha value is -0.870. The number of nitrogens with one attached hydrogen (secondary N) is 2. The van der Waals surface area contributed by atoms with E-state index in [1.165, 1.54) is 0 Å². The molecule has 5 N–H and O–H groups in total. The molecule has 1 unspecified atom stereocenters. The smallest absolute Gasteiger partial charge is 0.122 e. The van der Waals surface area contributed by atoms with Crippen molar-refractivity contribution in [2.24, 2.45) is 11.7 Å². The fourth-order valence-corrected chi connectivity index (χ4v) is 1.51. The highest BCUT2D eigenvalue weighted by Gasteiger charge is 2.33. The number of hydrogen-bond acceptors (Lipinski definition) is 4. The summed E-state index contributed by atoms with van der Waals surface area (Å²) in [5.41, 5.74) is 12.3. The third kappa shape index (κ3) is 1.73. The van der Waals surface area contributed by atoms with Crippen LogP contribution in [0.5, 0.6) is 0 Å². The number of aliphatic hydroxyl groups excluding tert-OH is 1. The first kappa shape index (κ1) is 8.72. The van der Waals surface area contributed by atoms with Gasteiger partial charge in [0.2, 0.25) is 0 Å². The Labute approximate surface area is 81.4 Å². The number of allylic oxidation sites excluding steroid dienone is 1. The van der Waals surface area contributed by atoms with Crippen LogP contribution in [0.1, 0.15) is 12.8 Å². The Morgan fingerprint density at radius 1 is 1.54 bits per heavy atom. The Morgan fingerprint density at radius 3 is 2.77 bits per heavy atom. The van der Waals surface area contributed by atoms with Crippen molar-refractivity contribution >= 4 is 11.6 Å². The molecule has 2 aliphatic rings. The minimum atomic E-state index is -0.492. The molecule has 1 heterocycles. The van der Waals surface area contributed by atoms with Crippen molar-refractivity contribution in [1.82, 2.24) is 10.9 Å². The molecule has 13 heavy (non-hydrogen) atoms. The van der Waals surface area contributed by atoms with Crippen LogP contribution >= 0.6 is 11.6 Å². The highest BCUT2D eigenvalue weighted by molar-refractivity contribution is 6.29. The molecule has 0 amide bonds. The van der Waals surface area contributed by atoms with E-state index in [0.29, 0.717) is 22.5 Å². The SMILES string of the molecule is NC1=C(C(O)C2CC2)NNC(Cl)=C1. The van der Waals surface area contributed by atoms with Gasteiger partial charge in [0.15, 0.2) is 0 Å². The molecule has 5 heteroatoms. The molecule has 1 aliphatic heterocycles. The van der Waals surface area contributed by atoms with Gasteiger partial charge in [-0.1, -0.05) is 11.6 Å². The maximum atomic E-state index is 9.76. The van der Waals surface area contributed by atoms with E-state index in [1.807, 2.05) is 0 Å². The molecule has 0 bridgehead atoms. The van der Waals surface area contributed by atoms with Crippen LogP contribution < -0.4 is 16.6 Å². The molecule has 1 fully saturated rings. The van der Waals surface area contributed by atoms with Crippen LogP contribution in [0, 0.1) is 5.92 Å². The van der Waals surface area contributed by atoms with Crippen molar-refractivity contribution in [1.29, 1.82) is 0 Å². The number of aliphatic hydroxyl groups is 1. The summed E-state index contributed by atoms with van der Waals surface area (Å²) < 4.78 is 0. The predicted octanol–water partition coefficient (Wildman–Crippen LogP) is 0.116. The summed E-state index contributed by atoms with van der Waals surface area (Å²) in [4.78, 5) is 0. The fraction of sp³-hybridized carbons (Fsp3) is 0.500. The van der Waals surface area contributed by atoms with Gasteiger partial charge in [0.05, 0.1) is 11.4 Å². The molecule has 4 nitrogen and oxygen atoms in total. The van der Waals surface area contributed by atoms with Gasteiger partial charge in [0, 0.05) is 0 Å². The lowest BCUT2D eigenvalue weighted by molar-refractivity contribution is 0.175. The van der Waals surface area contributed by atoms with Crippen LogP contribution in [0.3, 0.4) is 0 Å². The zero-order valence-corrected chi connectivity index (χ0v) is 7.80. The van der Waals surface area contributed by atoms with Gasteiger partial charge in [-0.3, -0.25) is 10.9 Å². The summed E-state index contributed by atoms with van der Waals surface area (Å²) in [6.45, 7) is 0. The number of hydrogen-bond donors (Lipinski definition) is 4. The van der Waals surface area contributed by atoms with E-state index in [2.05, 4.69) is 10.9 Å². The monoisotopic (exact) mass is 201 g/mol. The fourth-order valence-electron chi connectivity index (χ4n) is 1.34. The van der Waals surface area contributed by atoms with Crippen LogP contribution in [0.25, 0.3) is 0 Å². The first-order valence-corrected chi connectivity index (χ1v) is 4.63. The van der Waals surface area contributed by atoms with Crippen molar-refractivity contribution in [3.8, 4) is 0 Å². The molecule has 0 aromatic heterocycles. The topological polar surface area (TPSA) is 70.3 Å². The summed E-state index contributed by atoms with van der Waals surface area (Å²) in [7, 11) is 0. The maximum absolute atomic E-state index is 9.76. The number of nitrogens with two attached hydrogens (primary N) is 1. The molecule has 0 saturated heterocycles. The summed E-state index contributed by atoms with van der Waals surface area (Å²) in [6, 6.07) is 0. The van der Waals surface area contributed by atoms with E-state index in [9.17, 15) is 5.11 Å². The third-order valence-corrected chi connectivity index (χ3v) is 2.48. The van der Waals surface area contributed by atoms with E-state index in [4.69, 9.17) is 17.3 Å². The Kier molecular flexibility index (Phi) is 2.09. The van der Waals surface area contributed by atoms with Crippen LogP contribution in [-0.2, 0) is 0 Å².